The minimum absolute atomic E-state index is 1.03. The van der Waals surface area contributed by atoms with Crippen molar-refractivity contribution >= 4 is 96.5 Å². The van der Waals surface area contributed by atoms with Crippen molar-refractivity contribution in [2.75, 3.05) is 0 Å². The highest BCUT2D eigenvalue weighted by Gasteiger charge is 2.17. The van der Waals surface area contributed by atoms with E-state index in [0.29, 0.717) is 0 Å². The van der Waals surface area contributed by atoms with Crippen molar-refractivity contribution in [3.63, 3.8) is 0 Å². The van der Waals surface area contributed by atoms with E-state index < -0.39 is 0 Å². The summed E-state index contributed by atoms with van der Waals surface area (Å²) in [6.45, 7) is 0. The molecule has 0 aliphatic heterocycles. The Morgan fingerprint density at radius 1 is 0.263 bits per heavy atom. The average molecular weight is 741 g/mol. The summed E-state index contributed by atoms with van der Waals surface area (Å²) in [5.74, 6) is 0. The fourth-order valence-corrected chi connectivity index (χ4v) is 10.7. The van der Waals surface area contributed by atoms with Gasteiger partial charge in [-0.05, 0) is 135 Å². The van der Waals surface area contributed by atoms with Crippen molar-refractivity contribution in [2.24, 2.45) is 0 Å². The van der Waals surface area contributed by atoms with E-state index in [0.717, 1.165) is 12.8 Å². The molecule has 0 atom stereocenters. The van der Waals surface area contributed by atoms with Crippen molar-refractivity contribution < 1.29 is 0 Å². The lowest BCUT2D eigenvalue weighted by atomic mass is 9.86. The second kappa shape index (κ2) is 12.9. The Kier molecular flexibility index (Phi) is 7.33. The Bertz CT molecular complexity index is 3470. The van der Waals surface area contributed by atoms with E-state index in [1.165, 1.54) is 119 Å². The fourth-order valence-electron chi connectivity index (χ4n) is 9.58. The van der Waals surface area contributed by atoms with Gasteiger partial charge in [-0.3, -0.25) is 0 Å². The van der Waals surface area contributed by atoms with Crippen LogP contribution in [0.5, 0.6) is 0 Å². The minimum atomic E-state index is 1.03. The highest BCUT2D eigenvalue weighted by Crippen LogP contribution is 2.45. The van der Waals surface area contributed by atoms with Gasteiger partial charge in [-0.2, -0.15) is 0 Å². The van der Waals surface area contributed by atoms with Gasteiger partial charge >= 0.3 is 0 Å². The van der Waals surface area contributed by atoms with Gasteiger partial charge in [0.05, 0.1) is 0 Å². The molecule has 1 aliphatic carbocycles. The van der Waals surface area contributed by atoms with Gasteiger partial charge in [-0.25, -0.2) is 0 Å². The fraction of sp³-hybridized carbons (Fsp3) is 0.0357. The van der Waals surface area contributed by atoms with E-state index in [-0.39, 0.29) is 0 Å². The third-order valence-electron chi connectivity index (χ3n) is 12.4. The van der Waals surface area contributed by atoms with Crippen molar-refractivity contribution in [2.45, 2.75) is 12.8 Å². The van der Waals surface area contributed by atoms with Gasteiger partial charge in [0.15, 0.2) is 0 Å². The van der Waals surface area contributed by atoms with Gasteiger partial charge in [0, 0.05) is 20.2 Å². The minimum Gasteiger partial charge on any atom is -0.135 e. The summed E-state index contributed by atoms with van der Waals surface area (Å²) in [6.07, 6.45) is 6.73. The van der Waals surface area contributed by atoms with Crippen LogP contribution in [0.2, 0.25) is 0 Å². The van der Waals surface area contributed by atoms with Crippen LogP contribution in [0.25, 0.3) is 107 Å². The van der Waals surface area contributed by atoms with Crippen molar-refractivity contribution in [3.05, 3.63) is 205 Å². The molecule has 0 unspecified atom stereocenters. The highest BCUT2D eigenvalue weighted by molar-refractivity contribution is 7.25. The summed E-state index contributed by atoms with van der Waals surface area (Å²) in [6, 6.07) is 67.9. The number of fused-ring (bicyclic) bond motifs is 14. The van der Waals surface area contributed by atoms with Gasteiger partial charge in [0.25, 0.3) is 0 Å². The summed E-state index contributed by atoms with van der Waals surface area (Å²) in [4.78, 5) is 0. The SMILES string of the molecule is C1=C(c2ccc(-c3ccc4sc5ccccc5c4c3)cc2)CCC(c2ccc(-c3ccc4c5ccccc5c5c6ccccc6c6ccccc6c5c4c3)cc2)=C1. The first kappa shape index (κ1) is 32.4. The molecule has 0 nitrogen and oxygen atoms in total. The van der Waals surface area contributed by atoms with Crippen LogP contribution >= 0.6 is 11.3 Å². The normalized spacial score (nSPS) is 13.3. The molecule has 0 N–H and O–H groups in total. The molecule has 1 heteroatoms. The van der Waals surface area contributed by atoms with Crippen LogP contribution in [-0.4, -0.2) is 0 Å². The molecule has 12 rings (SSSR count). The Balaban J connectivity index is 0.869. The van der Waals surface area contributed by atoms with Crippen molar-refractivity contribution in [1.29, 1.82) is 0 Å². The lowest BCUT2D eigenvalue weighted by Crippen LogP contribution is -1.94. The van der Waals surface area contributed by atoms with Gasteiger partial charge in [-0.15, -0.1) is 11.3 Å². The molecule has 1 aromatic heterocycles. The van der Waals surface area contributed by atoms with Crippen LogP contribution in [0.1, 0.15) is 24.0 Å². The third-order valence-corrected chi connectivity index (χ3v) is 13.6. The van der Waals surface area contributed by atoms with Crippen molar-refractivity contribution in [1.82, 2.24) is 0 Å². The van der Waals surface area contributed by atoms with Crippen LogP contribution in [-0.2, 0) is 0 Å². The van der Waals surface area contributed by atoms with E-state index in [1.807, 2.05) is 11.3 Å². The molecule has 10 aromatic carbocycles. The zero-order valence-corrected chi connectivity index (χ0v) is 32.1. The molecule has 57 heavy (non-hydrogen) atoms. The number of hydrogen-bond acceptors (Lipinski definition) is 1. The molecule has 266 valence electrons. The number of benzene rings is 10. The molecular formula is C56H36S. The van der Waals surface area contributed by atoms with Crippen LogP contribution in [0, 0.1) is 0 Å². The molecule has 1 aliphatic rings. The molecule has 1 heterocycles. The number of hydrogen-bond donors (Lipinski definition) is 0. The molecule has 11 aromatic rings. The van der Waals surface area contributed by atoms with Crippen LogP contribution < -0.4 is 0 Å². The second-order valence-electron chi connectivity index (χ2n) is 15.5. The summed E-state index contributed by atoms with van der Waals surface area (Å²) < 4.78 is 2.70. The molecule has 0 saturated carbocycles. The second-order valence-corrected chi connectivity index (χ2v) is 16.6. The Morgan fingerprint density at radius 3 is 1.16 bits per heavy atom. The molecule has 0 amide bonds. The number of thiophene rings is 1. The van der Waals surface area contributed by atoms with E-state index in [9.17, 15) is 0 Å². The Hall–Kier alpha value is -6.80. The van der Waals surface area contributed by atoms with Crippen LogP contribution in [0.3, 0.4) is 0 Å². The van der Waals surface area contributed by atoms with E-state index in [1.54, 1.807) is 0 Å². The molecule has 0 spiro atoms. The Labute approximate surface area is 335 Å². The smallest absolute Gasteiger partial charge is 0.0355 e. The first-order valence-corrected chi connectivity index (χ1v) is 20.8. The lowest BCUT2D eigenvalue weighted by Gasteiger charge is -2.17. The summed E-state index contributed by atoms with van der Waals surface area (Å²) in [5.41, 5.74) is 10.4. The number of rotatable bonds is 4. The van der Waals surface area contributed by atoms with Gasteiger partial charge < -0.3 is 0 Å². The zero-order chi connectivity index (χ0) is 37.5. The monoisotopic (exact) mass is 740 g/mol. The quantitative estimate of drug-likeness (QED) is 0.158. The maximum Gasteiger partial charge on any atom is 0.0355 e. The topological polar surface area (TPSA) is 0 Å². The number of allylic oxidation sites excluding steroid dienone is 4. The lowest BCUT2D eigenvalue weighted by molar-refractivity contribution is 1.07. The van der Waals surface area contributed by atoms with Gasteiger partial charge in [-0.1, -0.05) is 170 Å². The molecule has 0 fully saturated rings. The van der Waals surface area contributed by atoms with Crippen LogP contribution in [0.4, 0.5) is 0 Å². The first-order chi connectivity index (χ1) is 28.2. The predicted octanol–water partition coefficient (Wildman–Crippen LogP) is 16.4. The summed E-state index contributed by atoms with van der Waals surface area (Å²) in [7, 11) is 0. The average Bonchev–Trinajstić information content (AvgIpc) is 3.67. The largest absolute Gasteiger partial charge is 0.135 e. The highest BCUT2D eigenvalue weighted by atomic mass is 32.1. The van der Waals surface area contributed by atoms with Crippen molar-refractivity contribution in [3.8, 4) is 22.3 Å². The van der Waals surface area contributed by atoms with Crippen LogP contribution in [0.15, 0.2) is 194 Å². The predicted molar refractivity (Wildman–Crippen MR) is 249 cm³/mol. The maximum absolute atomic E-state index is 2.43. The molecular weight excluding hydrogens is 705 g/mol. The van der Waals surface area contributed by atoms with Gasteiger partial charge in [0.2, 0.25) is 0 Å². The third kappa shape index (κ3) is 5.20. The first-order valence-electron chi connectivity index (χ1n) is 20.0. The molecule has 0 saturated heterocycles. The van der Waals surface area contributed by atoms with E-state index in [2.05, 4.69) is 194 Å². The zero-order valence-electron chi connectivity index (χ0n) is 31.3. The Morgan fingerprint density at radius 2 is 0.632 bits per heavy atom. The molecule has 0 radical (unpaired) electrons. The standard InChI is InChI=1S/C56H36S/c1-4-13-48-43(9-1)44-10-2-6-15-50(44)56-52-34-41(29-31-46(52)45-11-3-5-14-49(45)55(48)56)39-25-21-37(22-26-39)35-17-19-36(20-18-35)38-23-27-40(28-24-38)42-30-32-54-51(33-42)47-12-7-8-16-53(47)57-54/h1-17,19,21-34H,18,20H2. The molecule has 0 bridgehead atoms. The summed E-state index contributed by atoms with van der Waals surface area (Å²) in [5, 5.41) is 15.9. The van der Waals surface area contributed by atoms with Gasteiger partial charge in [0.1, 0.15) is 0 Å². The maximum atomic E-state index is 2.43. The van der Waals surface area contributed by atoms with E-state index in [4.69, 9.17) is 0 Å². The summed E-state index contributed by atoms with van der Waals surface area (Å²) >= 11 is 1.87. The van der Waals surface area contributed by atoms with E-state index >= 15 is 0 Å².